The highest BCUT2D eigenvalue weighted by atomic mass is 79.9. The van der Waals surface area contributed by atoms with Crippen LogP contribution in [0.4, 0.5) is 5.95 Å². The first-order valence-electron chi connectivity index (χ1n) is 8.54. The third-order valence-corrected chi connectivity index (χ3v) is 5.76. The molecule has 0 aliphatic rings. The fourth-order valence-corrected chi connectivity index (χ4v) is 4.58. The van der Waals surface area contributed by atoms with Gasteiger partial charge in [-0.05, 0) is 52.3 Å². The van der Waals surface area contributed by atoms with Crippen molar-refractivity contribution in [2.75, 3.05) is 0 Å². The second kappa shape index (κ2) is 8.88. The first kappa shape index (κ1) is 20.4. The minimum Gasteiger partial charge on any atom is -0.487 e. The van der Waals surface area contributed by atoms with E-state index in [4.69, 9.17) is 27.9 Å². The van der Waals surface area contributed by atoms with Gasteiger partial charge >= 0.3 is 0 Å². The molecule has 0 saturated carbocycles. The smallest absolute Gasteiger partial charge is 0.227 e. The molecule has 1 N–H and O–H groups in total. The fourth-order valence-electron chi connectivity index (χ4n) is 2.75. The van der Waals surface area contributed by atoms with Crippen molar-refractivity contribution in [3.63, 3.8) is 0 Å². The summed E-state index contributed by atoms with van der Waals surface area (Å²) in [5.74, 6) is 1.17. The summed E-state index contributed by atoms with van der Waals surface area (Å²) >= 11 is 19.3. The lowest BCUT2D eigenvalue weighted by Crippen LogP contribution is -2.00. The average molecular weight is 554 g/mol. The molecule has 29 heavy (non-hydrogen) atoms. The molecular formula is C21H13Br2Cl2N3O. The number of aromatic nitrogens is 2. The Morgan fingerprint density at radius 2 is 1.90 bits per heavy atom. The molecule has 146 valence electrons. The Morgan fingerprint density at radius 1 is 1.07 bits per heavy atom. The van der Waals surface area contributed by atoms with Crippen molar-refractivity contribution < 1.29 is 4.74 Å². The fraction of sp³-hybridized carbons (Fsp3) is 0.0476. The van der Waals surface area contributed by atoms with Crippen LogP contribution in [-0.2, 0) is 6.61 Å². The van der Waals surface area contributed by atoms with Gasteiger partial charge < -0.3 is 9.72 Å². The number of nitrogens with one attached hydrogen (secondary N) is 1. The summed E-state index contributed by atoms with van der Waals surface area (Å²) in [6, 6.07) is 17.0. The number of aromatic amines is 1. The van der Waals surface area contributed by atoms with Gasteiger partial charge in [0.15, 0.2) is 0 Å². The van der Waals surface area contributed by atoms with Crippen LogP contribution in [-0.4, -0.2) is 16.2 Å². The van der Waals surface area contributed by atoms with Crippen molar-refractivity contribution in [2.24, 2.45) is 4.99 Å². The molecule has 4 aromatic rings. The van der Waals surface area contributed by atoms with Crippen LogP contribution < -0.4 is 4.74 Å². The first-order valence-corrected chi connectivity index (χ1v) is 10.9. The zero-order chi connectivity index (χ0) is 20.4. The molecule has 0 aliphatic carbocycles. The van der Waals surface area contributed by atoms with Crippen molar-refractivity contribution in [2.45, 2.75) is 6.61 Å². The highest BCUT2D eigenvalue weighted by Crippen LogP contribution is 2.33. The van der Waals surface area contributed by atoms with Gasteiger partial charge in [0.1, 0.15) is 12.4 Å². The van der Waals surface area contributed by atoms with E-state index in [1.54, 1.807) is 18.3 Å². The van der Waals surface area contributed by atoms with Crippen LogP contribution in [0.25, 0.3) is 11.0 Å². The first-order chi connectivity index (χ1) is 14.0. The van der Waals surface area contributed by atoms with E-state index in [1.807, 2.05) is 42.5 Å². The van der Waals surface area contributed by atoms with Crippen LogP contribution in [0.2, 0.25) is 10.0 Å². The lowest BCUT2D eigenvalue weighted by molar-refractivity contribution is 0.304. The lowest BCUT2D eigenvalue weighted by atomic mass is 10.2. The minimum absolute atomic E-state index is 0.293. The monoisotopic (exact) mass is 551 g/mol. The maximum atomic E-state index is 6.26. The molecule has 0 atom stereocenters. The van der Waals surface area contributed by atoms with E-state index < -0.39 is 0 Å². The Balaban J connectivity index is 1.62. The number of aliphatic imine (C=N–C) groups is 1. The number of halogens is 4. The van der Waals surface area contributed by atoms with Crippen LogP contribution >= 0.6 is 55.1 Å². The molecule has 0 radical (unpaired) electrons. The third-order valence-electron chi connectivity index (χ3n) is 4.13. The Morgan fingerprint density at radius 3 is 2.69 bits per heavy atom. The van der Waals surface area contributed by atoms with Gasteiger partial charge in [-0.1, -0.05) is 57.3 Å². The lowest BCUT2D eigenvalue weighted by Gasteiger charge is -2.13. The Hall–Kier alpha value is -1.86. The SMILES string of the molecule is Clc1ccc(COc2c(Br)cc(Br)cc2/C=N/c2nc3ccccc3[nH]2)c(Cl)c1. The van der Waals surface area contributed by atoms with E-state index >= 15 is 0 Å². The summed E-state index contributed by atoms with van der Waals surface area (Å²) in [6.45, 7) is 0.293. The number of imidazole rings is 1. The standard InChI is InChI=1S/C21H13Br2Cl2N3O/c22-14-7-13(10-26-21-27-18-3-1-2-4-19(18)28-21)20(16(23)8-14)29-11-12-5-6-15(24)9-17(12)25/h1-10H,11H2,(H,27,28)/b26-10+. The number of para-hydroxylation sites is 2. The number of rotatable bonds is 5. The summed E-state index contributed by atoms with van der Waals surface area (Å²) in [4.78, 5) is 12.1. The molecule has 8 heteroatoms. The number of H-pyrrole nitrogens is 1. The Labute approximate surface area is 194 Å². The maximum absolute atomic E-state index is 6.26. The van der Waals surface area contributed by atoms with Gasteiger partial charge in [0.2, 0.25) is 5.95 Å². The second-order valence-electron chi connectivity index (χ2n) is 6.17. The molecule has 0 amide bonds. The van der Waals surface area contributed by atoms with Gasteiger partial charge in [0.05, 0.1) is 15.5 Å². The van der Waals surface area contributed by atoms with E-state index in [9.17, 15) is 0 Å². The van der Waals surface area contributed by atoms with Crippen molar-refractivity contribution in [3.8, 4) is 5.75 Å². The van der Waals surface area contributed by atoms with Gasteiger partial charge in [-0.3, -0.25) is 0 Å². The predicted octanol–water partition coefficient (Wildman–Crippen LogP) is 7.72. The van der Waals surface area contributed by atoms with Crippen LogP contribution in [0, 0.1) is 0 Å². The van der Waals surface area contributed by atoms with Crippen molar-refractivity contribution in [1.29, 1.82) is 0 Å². The number of fused-ring (bicyclic) bond motifs is 1. The molecule has 3 aromatic carbocycles. The number of hydrogen-bond acceptors (Lipinski definition) is 3. The number of benzene rings is 3. The van der Waals surface area contributed by atoms with E-state index in [-0.39, 0.29) is 0 Å². The molecule has 0 saturated heterocycles. The summed E-state index contributed by atoms with van der Waals surface area (Å²) in [7, 11) is 0. The van der Waals surface area contributed by atoms with Crippen molar-refractivity contribution in [1.82, 2.24) is 9.97 Å². The van der Waals surface area contributed by atoms with Gasteiger partial charge in [0.25, 0.3) is 0 Å². The molecule has 0 bridgehead atoms. The molecular weight excluding hydrogens is 541 g/mol. The normalized spacial score (nSPS) is 11.4. The van der Waals surface area contributed by atoms with Crippen molar-refractivity contribution in [3.05, 3.63) is 84.7 Å². The van der Waals surface area contributed by atoms with Gasteiger partial charge in [0, 0.05) is 31.9 Å². The summed E-state index contributed by atoms with van der Waals surface area (Å²) < 4.78 is 7.75. The number of nitrogens with zero attached hydrogens (tertiary/aromatic N) is 2. The number of hydrogen-bond donors (Lipinski definition) is 1. The van der Waals surface area contributed by atoms with Crippen molar-refractivity contribution >= 4 is 78.3 Å². The zero-order valence-corrected chi connectivity index (χ0v) is 19.5. The summed E-state index contributed by atoms with van der Waals surface area (Å²) in [5, 5.41) is 1.14. The highest BCUT2D eigenvalue weighted by molar-refractivity contribution is 9.11. The molecule has 4 rings (SSSR count). The Bertz CT molecular complexity index is 1190. The maximum Gasteiger partial charge on any atom is 0.227 e. The molecule has 1 aromatic heterocycles. The third kappa shape index (κ3) is 4.83. The quantitative estimate of drug-likeness (QED) is 0.257. The largest absolute Gasteiger partial charge is 0.487 e. The van der Waals surface area contributed by atoms with E-state index in [0.29, 0.717) is 28.3 Å². The second-order valence-corrected chi connectivity index (χ2v) is 8.78. The molecule has 0 aliphatic heterocycles. The average Bonchev–Trinajstić information content (AvgIpc) is 3.09. The van der Waals surface area contributed by atoms with E-state index in [0.717, 1.165) is 31.1 Å². The van der Waals surface area contributed by atoms with E-state index in [1.165, 1.54) is 0 Å². The summed E-state index contributed by atoms with van der Waals surface area (Å²) in [5.41, 5.74) is 3.43. The topological polar surface area (TPSA) is 50.3 Å². The van der Waals surface area contributed by atoms with E-state index in [2.05, 4.69) is 46.8 Å². The van der Waals surface area contributed by atoms with Crippen LogP contribution in [0.5, 0.6) is 5.75 Å². The molecule has 0 fully saturated rings. The molecule has 0 unspecified atom stereocenters. The molecule has 0 spiro atoms. The van der Waals surface area contributed by atoms with Gasteiger partial charge in [-0.15, -0.1) is 0 Å². The Kier molecular flexibility index (Phi) is 6.25. The number of ether oxygens (including phenoxy) is 1. The molecule has 1 heterocycles. The minimum atomic E-state index is 0.293. The van der Waals surface area contributed by atoms with Gasteiger partial charge in [-0.25, -0.2) is 9.98 Å². The highest BCUT2D eigenvalue weighted by Gasteiger charge is 2.11. The molecule has 4 nitrogen and oxygen atoms in total. The van der Waals surface area contributed by atoms with Crippen LogP contribution in [0.1, 0.15) is 11.1 Å². The van der Waals surface area contributed by atoms with Crippen LogP contribution in [0.3, 0.4) is 0 Å². The zero-order valence-electron chi connectivity index (χ0n) is 14.8. The summed E-state index contributed by atoms with van der Waals surface area (Å²) in [6.07, 6.45) is 1.71. The van der Waals surface area contributed by atoms with Gasteiger partial charge in [-0.2, -0.15) is 0 Å². The predicted molar refractivity (Wildman–Crippen MR) is 126 cm³/mol. The van der Waals surface area contributed by atoms with Crippen LogP contribution in [0.15, 0.2) is 68.5 Å².